The Labute approximate surface area is 102 Å². The predicted molar refractivity (Wildman–Crippen MR) is 63.6 cm³/mol. The summed E-state index contributed by atoms with van der Waals surface area (Å²) in [6.07, 6.45) is 1.95. The zero-order valence-electron chi connectivity index (χ0n) is 8.61. The summed E-state index contributed by atoms with van der Waals surface area (Å²) in [5.41, 5.74) is 0.258. The van der Waals surface area contributed by atoms with Crippen molar-refractivity contribution in [2.45, 2.75) is 0 Å². The van der Waals surface area contributed by atoms with Crippen molar-refractivity contribution in [3.05, 3.63) is 10.3 Å². The SMILES string of the molecule is CN(C)/C=N/c1c(Cl)nc(NC=O)nc1Cl. The third-order valence-electron chi connectivity index (χ3n) is 1.40. The van der Waals surface area contributed by atoms with Crippen molar-refractivity contribution in [2.75, 3.05) is 19.4 Å². The highest BCUT2D eigenvalue weighted by molar-refractivity contribution is 6.37. The molecule has 1 heterocycles. The number of aromatic nitrogens is 2. The zero-order valence-corrected chi connectivity index (χ0v) is 10.1. The lowest BCUT2D eigenvalue weighted by atomic mass is 10.5. The van der Waals surface area contributed by atoms with Crippen molar-refractivity contribution in [1.82, 2.24) is 14.9 Å². The summed E-state index contributed by atoms with van der Waals surface area (Å²) in [5, 5.41) is 2.39. The van der Waals surface area contributed by atoms with Crippen LogP contribution in [0.15, 0.2) is 4.99 Å². The van der Waals surface area contributed by atoms with Gasteiger partial charge in [0.2, 0.25) is 12.4 Å². The van der Waals surface area contributed by atoms with E-state index in [9.17, 15) is 4.79 Å². The van der Waals surface area contributed by atoms with Gasteiger partial charge < -0.3 is 4.90 Å². The van der Waals surface area contributed by atoms with Gasteiger partial charge in [-0.25, -0.2) is 4.99 Å². The Kier molecular flexibility index (Phi) is 4.45. The van der Waals surface area contributed by atoms with Crippen LogP contribution in [0.1, 0.15) is 0 Å². The first-order valence-electron chi connectivity index (χ1n) is 4.18. The molecule has 0 bridgehead atoms. The highest BCUT2D eigenvalue weighted by Gasteiger charge is 2.10. The standard InChI is InChI=1S/C8H9Cl2N5O/c1-15(2)3-11-5-6(9)13-8(12-4-16)14-7(5)10/h3-4H,1-2H3,(H,12,13,14,16)/b11-3+. The van der Waals surface area contributed by atoms with Crippen molar-refractivity contribution in [2.24, 2.45) is 4.99 Å². The summed E-state index contributed by atoms with van der Waals surface area (Å²) in [6.45, 7) is 0. The molecular formula is C8H9Cl2N5O. The molecule has 8 heteroatoms. The number of aliphatic imine (C=N–C) groups is 1. The fraction of sp³-hybridized carbons (Fsp3) is 0.250. The second-order valence-corrected chi connectivity index (χ2v) is 3.66. The van der Waals surface area contributed by atoms with E-state index in [0.717, 1.165) is 0 Å². The predicted octanol–water partition coefficient (Wildman–Crippen LogP) is 1.57. The molecule has 0 unspecified atom stereocenters. The molecule has 0 aliphatic heterocycles. The van der Waals surface area contributed by atoms with E-state index in [-0.39, 0.29) is 21.9 Å². The van der Waals surface area contributed by atoms with Gasteiger partial charge in [0.15, 0.2) is 10.3 Å². The molecule has 1 amide bonds. The molecule has 1 aromatic rings. The molecule has 0 saturated heterocycles. The van der Waals surface area contributed by atoms with Crippen LogP contribution in [0.3, 0.4) is 0 Å². The first-order chi connectivity index (χ1) is 7.54. The topological polar surface area (TPSA) is 70.5 Å². The van der Waals surface area contributed by atoms with Gasteiger partial charge in [0.05, 0.1) is 6.34 Å². The van der Waals surface area contributed by atoms with E-state index < -0.39 is 0 Å². The minimum Gasteiger partial charge on any atom is -0.369 e. The summed E-state index contributed by atoms with van der Waals surface area (Å²) >= 11 is 11.7. The molecular weight excluding hydrogens is 253 g/mol. The first-order valence-corrected chi connectivity index (χ1v) is 4.94. The van der Waals surface area contributed by atoms with E-state index >= 15 is 0 Å². The maximum absolute atomic E-state index is 10.2. The maximum Gasteiger partial charge on any atom is 0.232 e. The van der Waals surface area contributed by atoms with Gasteiger partial charge in [-0.2, -0.15) is 9.97 Å². The van der Waals surface area contributed by atoms with Gasteiger partial charge in [0.25, 0.3) is 0 Å². The number of rotatable bonds is 4. The van der Waals surface area contributed by atoms with Crippen LogP contribution in [-0.4, -0.2) is 41.7 Å². The first kappa shape index (κ1) is 12.7. The fourth-order valence-corrected chi connectivity index (χ4v) is 1.28. The molecule has 6 nitrogen and oxygen atoms in total. The lowest BCUT2D eigenvalue weighted by Crippen LogP contribution is -2.07. The molecule has 0 fully saturated rings. The molecule has 1 aromatic heterocycles. The maximum atomic E-state index is 10.2. The van der Waals surface area contributed by atoms with Crippen LogP contribution >= 0.6 is 23.2 Å². The second kappa shape index (κ2) is 5.62. The van der Waals surface area contributed by atoms with Crippen LogP contribution in [0.5, 0.6) is 0 Å². The molecule has 0 radical (unpaired) electrons. The molecule has 1 rings (SSSR count). The molecule has 0 atom stereocenters. The minimum atomic E-state index is 0.0359. The molecule has 16 heavy (non-hydrogen) atoms. The molecule has 0 aliphatic carbocycles. The van der Waals surface area contributed by atoms with Crippen molar-refractivity contribution in [3.8, 4) is 0 Å². The molecule has 0 saturated carbocycles. The van der Waals surface area contributed by atoms with E-state index in [1.54, 1.807) is 19.0 Å². The summed E-state index contributed by atoms with van der Waals surface area (Å²) < 4.78 is 0. The number of amides is 1. The molecule has 86 valence electrons. The third-order valence-corrected chi connectivity index (χ3v) is 1.93. The molecule has 0 spiro atoms. The van der Waals surface area contributed by atoms with E-state index in [2.05, 4.69) is 20.3 Å². The number of carbonyl (C=O) groups is 1. The van der Waals surface area contributed by atoms with Gasteiger partial charge in [-0.05, 0) is 0 Å². The lowest BCUT2D eigenvalue weighted by Gasteiger charge is -2.05. The Morgan fingerprint density at radius 1 is 1.31 bits per heavy atom. The third kappa shape index (κ3) is 3.32. The van der Waals surface area contributed by atoms with Crippen LogP contribution in [0.25, 0.3) is 0 Å². The smallest absolute Gasteiger partial charge is 0.232 e. The van der Waals surface area contributed by atoms with Gasteiger partial charge in [-0.3, -0.25) is 10.1 Å². The average Bonchev–Trinajstić information content (AvgIpc) is 2.16. The van der Waals surface area contributed by atoms with Crippen molar-refractivity contribution in [3.63, 3.8) is 0 Å². The van der Waals surface area contributed by atoms with Crippen LogP contribution in [-0.2, 0) is 4.79 Å². The number of nitrogens with zero attached hydrogens (tertiary/aromatic N) is 4. The number of carbonyl (C=O) groups excluding carboxylic acids is 1. The van der Waals surface area contributed by atoms with Gasteiger partial charge in [0, 0.05) is 14.1 Å². The Hall–Kier alpha value is -1.40. The summed E-state index contributed by atoms with van der Waals surface area (Å²) in [4.78, 5) is 23.5. The van der Waals surface area contributed by atoms with Crippen molar-refractivity contribution in [1.29, 1.82) is 0 Å². The average molecular weight is 262 g/mol. The number of nitrogens with one attached hydrogen (secondary N) is 1. The monoisotopic (exact) mass is 261 g/mol. The molecule has 1 N–H and O–H groups in total. The Balaban J connectivity index is 3.07. The Morgan fingerprint density at radius 2 is 1.88 bits per heavy atom. The van der Waals surface area contributed by atoms with Gasteiger partial charge >= 0.3 is 0 Å². The second-order valence-electron chi connectivity index (χ2n) is 2.95. The summed E-state index contributed by atoms with van der Waals surface area (Å²) in [5.74, 6) is 0.0359. The highest BCUT2D eigenvalue weighted by Crippen LogP contribution is 2.30. The van der Waals surface area contributed by atoms with E-state index in [4.69, 9.17) is 23.2 Å². The van der Waals surface area contributed by atoms with Crippen LogP contribution < -0.4 is 5.32 Å². The minimum absolute atomic E-state index is 0.0359. The summed E-state index contributed by atoms with van der Waals surface area (Å²) in [7, 11) is 3.60. The lowest BCUT2D eigenvalue weighted by molar-refractivity contribution is -0.105. The normalized spacial score (nSPS) is 10.5. The number of halogens is 2. The Morgan fingerprint density at radius 3 is 2.31 bits per heavy atom. The van der Waals surface area contributed by atoms with E-state index in [1.165, 1.54) is 6.34 Å². The van der Waals surface area contributed by atoms with Crippen molar-refractivity contribution >= 4 is 47.6 Å². The molecule has 0 aromatic carbocycles. The quantitative estimate of drug-likeness (QED) is 0.387. The van der Waals surface area contributed by atoms with Gasteiger partial charge in [-0.15, -0.1) is 0 Å². The van der Waals surface area contributed by atoms with Crippen molar-refractivity contribution < 1.29 is 4.79 Å². The van der Waals surface area contributed by atoms with Gasteiger partial charge in [0.1, 0.15) is 5.69 Å². The fourth-order valence-electron chi connectivity index (χ4n) is 0.799. The highest BCUT2D eigenvalue weighted by atomic mass is 35.5. The number of hydrogen-bond acceptors (Lipinski definition) is 4. The van der Waals surface area contributed by atoms with Crippen LogP contribution in [0, 0.1) is 0 Å². The molecule has 0 aliphatic rings. The van der Waals surface area contributed by atoms with E-state index in [0.29, 0.717) is 6.41 Å². The Bertz CT molecular complexity index is 398. The summed E-state index contributed by atoms with van der Waals surface area (Å²) in [6, 6.07) is 0. The number of anilines is 1. The number of hydrogen-bond donors (Lipinski definition) is 1. The largest absolute Gasteiger partial charge is 0.369 e. The zero-order chi connectivity index (χ0) is 12.1. The van der Waals surface area contributed by atoms with Crippen LogP contribution in [0.4, 0.5) is 11.6 Å². The van der Waals surface area contributed by atoms with Gasteiger partial charge in [-0.1, -0.05) is 23.2 Å². The van der Waals surface area contributed by atoms with E-state index in [1.807, 2.05) is 0 Å². The van der Waals surface area contributed by atoms with Crippen LogP contribution in [0.2, 0.25) is 10.3 Å².